The first-order valence-corrected chi connectivity index (χ1v) is 10.6. The van der Waals surface area contributed by atoms with E-state index in [9.17, 15) is 9.59 Å². The van der Waals surface area contributed by atoms with E-state index in [2.05, 4.69) is 5.32 Å². The fraction of sp³-hybridized carbons (Fsp3) is 0.417. The lowest BCUT2D eigenvalue weighted by molar-refractivity contribution is -0.145. The average molecular weight is 430 g/mol. The largest absolute Gasteiger partial charge is 0.492 e. The lowest BCUT2D eigenvalue weighted by Gasteiger charge is -2.22. The molecule has 1 aliphatic rings. The first-order chi connectivity index (χ1) is 14.4. The van der Waals surface area contributed by atoms with Crippen LogP contribution in [0.25, 0.3) is 0 Å². The molecule has 0 aliphatic heterocycles. The van der Waals surface area contributed by atoms with Gasteiger partial charge in [0.15, 0.2) is 6.04 Å². The summed E-state index contributed by atoms with van der Waals surface area (Å²) in [6.07, 6.45) is 4.19. The SMILES string of the molecule is COC(=O)C(NC(=O)[C@@H](C)c1ccccc1)c1ccc(OCC2(Cl)CCCC2)cc1. The number of halogens is 1. The number of carbonyl (C=O) groups is 2. The van der Waals surface area contributed by atoms with Gasteiger partial charge in [-0.1, -0.05) is 55.3 Å². The number of esters is 1. The van der Waals surface area contributed by atoms with E-state index in [4.69, 9.17) is 21.1 Å². The van der Waals surface area contributed by atoms with Crippen molar-refractivity contribution in [2.75, 3.05) is 13.7 Å². The van der Waals surface area contributed by atoms with Crippen molar-refractivity contribution in [2.45, 2.75) is 49.4 Å². The van der Waals surface area contributed by atoms with Gasteiger partial charge in [-0.05, 0) is 43.0 Å². The second-order valence-corrected chi connectivity index (χ2v) is 8.61. The fourth-order valence-corrected chi connectivity index (χ4v) is 4.00. The van der Waals surface area contributed by atoms with Crippen molar-refractivity contribution < 1.29 is 19.1 Å². The summed E-state index contributed by atoms with van der Waals surface area (Å²) in [4.78, 5) is 24.8. The molecular weight excluding hydrogens is 402 g/mol. The van der Waals surface area contributed by atoms with Crippen LogP contribution in [-0.2, 0) is 14.3 Å². The van der Waals surface area contributed by atoms with E-state index in [1.54, 1.807) is 31.2 Å². The molecule has 0 bridgehead atoms. The summed E-state index contributed by atoms with van der Waals surface area (Å²) in [6.45, 7) is 2.26. The highest BCUT2D eigenvalue weighted by Crippen LogP contribution is 2.36. The molecule has 1 fully saturated rings. The maximum absolute atomic E-state index is 12.7. The molecule has 30 heavy (non-hydrogen) atoms. The van der Waals surface area contributed by atoms with Gasteiger partial charge in [-0.15, -0.1) is 11.6 Å². The van der Waals surface area contributed by atoms with Crippen LogP contribution in [0.15, 0.2) is 54.6 Å². The summed E-state index contributed by atoms with van der Waals surface area (Å²) in [5.74, 6) is -0.490. The van der Waals surface area contributed by atoms with Crippen molar-refractivity contribution in [3.63, 3.8) is 0 Å². The number of rotatable bonds is 8. The zero-order chi connectivity index (χ0) is 21.6. The Morgan fingerprint density at radius 2 is 1.67 bits per heavy atom. The molecule has 160 valence electrons. The van der Waals surface area contributed by atoms with Crippen LogP contribution in [0, 0.1) is 0 Å². The highest BCUT2D eigenvalue weighted by molar-refractivity contribution is 6.24. The van der Waals surface area contributed by atoms with Crippen molar-refractivity contribution in [3.05, 3.63) is 65.7 Å². The number of hydrogen-bond acceptors (Lipinski definition) is 4. The zero-order valence-corrected chi connectivity index (χ0v) is 18.2. The molecule has 1 amide bonds. The van der Waals surface area contributed by atoms with E-state index >= 15 is 0 Å². The third-order valence-corrected chi connectivity index (χ3v) is 6.11. The molecule has 1 N–H and O–H groups in total. The summed E-state index contributed by atoms with van der Waals surface area (Å²) >= 11 is 6.57. The van der Waals surface area contributed by atoms with E-state index in [0.717, 1.165) is 31.2 Å². The third kappa shape index (κ3) is 5.54. The molecule has 0 heterocycles. The molecule has 2 aromatic carbocycles. The van der Waals surface area contributed by atoms with Gasteiger partial charge in [-0.2, -0.15) is 0 Å². The maximum Gasteiger partial charge on any atom is 0.333 e. The highest BCUT2D eigenvalue weighted by Gasteiger charge is 2.32. The summed E-state index contributed by atoms with van der Waals surface area (Å²) in [6, 6.07) is 15.6. The Bertz CT molecular complexity index is 847. The fourth-order valence-electron chi connectivity index (χ4n) is 3.68. The maximum atomic E-state index is 12.7. The van der Waals surface area contributed by atoms with Crippen LogP contribution in [-0.4, -0.2) is 30.5 Å². The first-order valence-electron chi connectivity index (χ1n) is 10.3. The molecule has 1 saturated carbocycles. The Kier molecular flexibility index (Phi) is 7.38. The number of nitrogens with one attached hydrogen (secondary N) is 1. The number of alkyl halides is 1. The third-order valence-electron chi connectivity index (χ3n) is 5.63. The quantitative estimate of drug-likeness (QED) is 0.485. The van der Waals surface area contributed by atoms with Crippen LogP contribution in [0.3, 0.4) is 0 Å². The average Bonchev–Trinajstić information content (AvgIpc) is 3.22. The first kappa shape index (κ1) is 22.2. The van der Waals surface area contributed by atoms with Gasteiger partial charge < -0.3 is 14.8 Å². The summed E-state index contributed by atoms with van der Waals surface area (Å²) < 4.78 is 10.8. The van der Waals surface area contributed by atoms with E-state index in [-0.39, 0.29) is 10.8 Å². The number of ether oxygens (including phenoxy) is 2. The van der Waals surface area contributed by atoms with E-state index in [1.165, 1.54) is 7.11 Å². The minimum absolute atomic E-state index is 0.248. The van der Waals surface area contributed by atoms with Gasteiger partial charge in [0.2, 0.25) is 5.91 Å². The van der Waals surface area contributed by atoms with E-state index in [1.807, 2.05) is 30.3 Å². The lowest BCUT2D eigenvalue weighted by atomic mass is 9.99. The summed E-state index contributed by atoms with van der Waals surface area (Å²) in [5, 5.41) is 2.81. The Balaban J connectivity index is 1.67. The van der Waals surface area contributed by atoms with E-state index < -0.39 is 17.9 Å². The molecule has 5 nitrogen and oxygen atoms in total. The molecule has 0 radical (unpaired) electrons. The second kappa shape index (κ2) is 9.98. The van der Waals surface area contributed by atoms with Crippen molar-refractivity contribution in [2.24, 2.45) is 0 Å². The molecule has 1 unspecified atom stereocenters. The van der Waals surface area contributed by atoms with Crippen molar-refractivity contribution >= 4 is 23.5 Å². The summed E-state index contributed by atoms with van der Waals surface area (Å²) in [5.41, 5.74) is 1.51. The molecule has 1 aliphatic carbocycles. The van der Waals surface area contributed by atoms with Crippen LogP contribution in [0.4, 0.5) is 0 Å². The monoisotopic (exact) mass is 429 g/mol. The smallest absolute Gasteiger partial charge is 0.333 e. The van der Waals surface area contributed by atoms with Crippen LogP contribution in [0.5, 0.6) is 5.75 Å². The molecule has 6 heteroatoms. The predicted octanol–water partition coefficient (Wildman–Crippen LogP) is 4.75. The lowest BCUT2D eigenvalue weighted by Crippen LogP contribution is -2.36. The van der Waals surface area contributed by atoms with Gasteiger partial charge in [-0.25, -0.2) is 4.79 Å². The second-order valence-electron chi connectivity index (χ2n) is 7.81. The summed E-state index contributed by atoms with van der Waals surface area (Å²) in [7, 11) is 1.31. The van der Waals surface area contributed by atoms with Gasteiger partial charge in [0, 0.05) is 0 Å². The van der Waals surface area contributed by atoms with Gasteiger partial charge in [0.1, 0.15) is 12.4 Å². The van der Waals surface area contributed by atoms with Crippen LogP contribution in [0.1, 0.15) is 55.7 Å². The molecular formula is C24H28ClNO4. The molecule has 2 aromatic rings. The number of hydrogen-bond donors (Lipinski definition) is 1. The minimum Gasteiger partial charge on any atom is -0.492 e. The molecule has 2 atom stereocenters. The van der Waals surface area contributed by atoms with Gasteiger partial charge >= 0.3 is 5.97 Å². The molecule has 0 saturated heterocycles. The zero-order valence-electron chi connectivity index (χ0n) is 17.4. The van der Waals surface area contributed by atoms with Gasteiger partial charge in [0.05, 0.1) is 17.9 Å². The standard InChI is InChI=1S/C24H28ClNO4/c1-17(18-8-4-3-5-9-18)22(27)26-21(23(28)29-2)19-10-12-20(13-11-19)30-16-24(25)14-6-7-15-24/h3-5,8-13,17,21H,6-7,14-16H2,1-2H3,(H,26,27)/t17-,21?/m0/s1. The molecule has 0 aromatic heterocycles. The van der Waals surface area contributed by atoms with Gasteiger partial charge in [-0.3, -0.25) is 4.79 Å². The molecule has 3 rings (SSSR count). The van der Waals surface area contributed by atoms with Crippen molar-refractivity contribution in [3.8, 4) is 5.75 Å². The number of carbonyl (C=O) groups excluding carboxylic acids is 2. The number of methoxy groups -OCH3 is 1. The number of amides is 1. The Morgan fingerprint density at radius 3 is 2.27 bits per heavy atom. The van der Waals surface area contributed by atoms with Crippen molar-refractivity contribution in [1.29, 1.82) is 0 Å². The highest BCUT2D eigenvalue weighted by atomic mass is 35.5. The minimum atomic E-state index is -0.892. The Hall–Kier alpha value is -2.53. The normalized spacial score (nSPS) is 17.0. The van der Waals surface area contributed by atoms with Crippen LogP contribution in [0.2, 0.25) is 0 Å². The van der Waals surface area contributed by atoms with Gasteiger partial charge in [0.25, 0.3) is 0 Å². The molecule has 0 spiro atoms. The van der Waals surface area contributed by atoms with Crippen LogP contribution >= 0.6 is 11.6 Å². The topological polar surface area (TPSA) is 64.6 Å². The Labute approximate surface area is 182 Å². The van der Waals surface area contributed by atoms with Crippen molar-refractivity contribution in [1.82, 2.24) is 5.32 Å². The number of benzene rings is 2. The van der Waals surface area contributed by atoms with Crippen LogP contribution < -0.4 is 10.1 Å². The van der Waals surface area contributed by atoms with E-state index in [0.29, 0.717) is 17.9 Å². The predicted molar refractivity (Wildman–Crippen MR) is 117 cm³/mol. The Morgan fingerprint density at radius 1 is 1.03 bits per heavy atom.